The van der Waals surface area contributed by atoms with Gasteiger partial charge in [-0.05, 0) is 86.7 Å². The predicted molar refractivity (Wildman–Crippen MR) is 124 cm³/mol. The SMILES string of the molecule is O=C(NCCC1=CCCCC1)c1ccc(-n2nc(Sc3ccc(F)cc3)ccc2=O)cc1. The van der Waals surface area contributed by atoms with Crippen LogP contribution in [0.4, 0.5) is 4.39 Å². The molecule has 0 saturated heterocycles. The Bertz CT molecular complexity index is 1170. The van der Waals surface area contributed by atoms with Crippen LogP contribution in [0.15, 0.2) is 87.0 Å². The van der Waals surface area contributed by atoms with Gasteiger partial charge in [0, 0.05) is 23.1 Å². The molecule has 0 fully saturated rings. The largest absolute Gasteiger partial charge is 0.352 e. The van der Waals surface area contributed by atoms with Gasteiger partial charge in [0.1, 0.15) is 10.8 Å². The number of nitrogens with zero attached hydrogens (tertiary/aromatic N) is 2. The van der Waals surface area contributed by atoms with E-state index in [0.717, 1.165) is 24.2 Å². The second-order valence-electron chi connectivity index (χ2n) is 7.64. The number of amides is 1. The van der Waals surface area contributed by atoms with E-state index in [2.05, 4.69) is 16.5 Å². The minimum absolute atomic E-state index is 0.131. The summed E-state index contributed by atoms with van der Waals surface area (Å²) in [7, 11) is 0. The lowest BCUT2D eigenvalue weighted by atomic mass is 9.97. The normalized spacial score (nSPS) is 13.5. The Morgan fingerprint density at radius 1 is 1.03 bits per heavy atom. The van der Waals surface area contributed by atoms with Crippen LogP contribution in [0.5, 0.6) is 0 Å². The van der Waals surface area contributed by atoms with Gasteiger partial charge in [0.15, 0.2) is 0 Å². The van der Waals surface area contributed by atoms with E-state index in [4.69, 9.17) is 0 Å². The summed E-state index contributed by atoms with van der Waals surface area (Å²) < 4.78 is 14.4. The predicted octanol–water partition coefficient (Wildman–Crippen LogP) is 5.14. The highest BCUT2D eigenvalue weighted by Gasteiger charge is 2.09. The molecular formula is C25H24FN3O2S. The molecule has 1 amide bonds. The maximum absolute atomic E-state index is 13.1. The first-order chi connectivity index (χ1) is 15.6. The Morgan fingerprint density at radius 2 is 1.81 bits per heavy atom. The number of halogens is 1. The fourth-order valence-electron chi connectivity index (χ4n) is 3.58. The van der Waals surface area contributed by atoms with Crippen LogP contribution in [-0.2, 0) is 0 Å². The lowest BCUT2D eigenvalue weighted by Gasteiger charge is -2.13. The highest BCUT2D eigenvalue weighted by Crippen LogP contribution is 2.25. The van der Waals surface area contributed by atoms with Gasteiger partial charge in [0.05, 0.1) is 5.69 Å². The summed E-state index contributed by atoms with van der Waals surface area (Å²) in [5.74, 6) is -0.434. The number of hydrogen-bond acceptors (Lipinski definition) is 4. The molecule has 7 heteroatoms. The molecule has 0 aliphatic heterocycles. The van der Waals surface area contributed by atoms with Crippen LogP contribution < -0.4 is 10.9 Å². The van der Waals surface area contributed by atoms with Gasteiger partial charge in [-0.15, -0.1) is 0 Å². The van der Waals surface area contributed by atoms with Crippen molar-refractivity contribution in [1.29, 1.82) is 0 Å². The van der Waals surface area contributed by atoms with Gasteiger partial charge in [0.25, 0.3) is 11.5 Å². The summed E-state index contributed by atoms with van der Waals surface area (Å²) >= 11 is 1.34. The third-order valence-electron chi connectivity index (χ3n) is 5.30. The third-order valence-corrected chi connectivity index (χ3v) is 6.24. The van der Waals surface area contributed by atoms with Gasteiger partial charge < -0.3 is 5.32 Å². The molecule has 0 bridgehead atoms. The summed E-state index contributed by atoms with van der Waals surface area (Å²) in [6.45, 7) is 0.621. The molecule has 2 aromatic carbocycles. The first kappa shape index (κ1) is 22.0. The van der Waals surface area contributed by atoms with Crippen molar-refractivity contribution in [2.75, 3.05) is 6.54 Å². The van der Waals surface area contributed by atoms with Crippen molar-refractivity contribution in [3.05, 3.63) is 94.0 Å². The molecular weight excluding hydrogens is 425 g/mol. The molecule has 32 heavy (non-hydrogen) atoms. The third kappa shape index (κ3) is 5.73. The lowest BCUT2D eigenvalue weighted by Crippen LogP contribution is -2.25. The summed E-state index contributed by atoms with van der Waals surface area (Å²) in [6.07, 6.45) is 7.94. The standard InChI is InChI=1S/C25H24FN3O2S/c26-20-8-12-22(13-9-20)32-23-14-15-24(30)29(28-23)21-10-6-19(7-11-21)25(31)27-17-16-18-4-2-1-3-5-18/h4,6-15H,1-3,5,16-17H2,(H,27,31). The number of benzene rings is 2. The van der Waals surface area contributed by atoms with E-state index in [0.29, 0.717) is 22.8 Å². The van der Waals surface area contributed by atoms with Crippen LogP contribution in [0.1, 0.15) is 42.5 Å². The highest BCUT2D eigenvalue weighted by atomic mass is 32.2. The molecule has 3 aromatic rings. The van der Waals surface area contributed by atoms with Crippen molar-refractivity contribution in [3.63, 3.8) is 0 Å². The summed E-state index contributed by atoms with van der Waals surface area (Å²) in [4.78, 5) is 25.6. The van der Waals surface area contributed by atoms with Crippen LogP contribution in [0.3, 0.4) is 0 Å². The van der Waals surface area contributed by atoms with E-state index >= 15 is 0 Å². The molecule has 0 unspecified atom stereocenters. The minimum Gasteiger partial charge on any atom is -0.352 e. The Morgan fingerprint density at radius 3 is 2.53 bits per heavy atom. The Hall–Kier alpha value is -3.19. The van der Waals surface area contributed by atoms with Gasteiger partial charge in [-0.1, -0.05) is 23.4 Å². The zero-order valence-corrected chi connectivity index (χ0v) is 18.4. The molecule has 5 nitrogen and oxygen atoms in total. The zero-order chi connectivity index (χ0) is 22.3. The molecule has 0 atom stereocenters. The van der Waals surface area contributed by atoms with Crippen LogP contribution in [-0.4, -0.2) is 22.2 Å². The Balaban J connectivity index is 1.41. The van der Waals surface area contributed by atoms with Gasteiger partial charge in [0.2, 0.25) is 0 Å². The second kappa shape index (κ2) is 10.4. The molecule has 1 aromatic heterocycles. The number of carbonyl (C=O) groups excluding carboxylic acids is 1. The van der Waals surface area contributed by atoms with E-state index in [1.165, 1.54) is 53.1 Å². The summed E-state index contributed by atoms with van der Waals surface area (Å²) in [6, 6.07) is 16.0. The average Bonchev–Trinajstić information content (AvgIpc) is 2.82. The Kier molecular flexibility index (Phi) is 7.17. The van der Waals surface area contributed by atoms with Crippen molar-refractivity contribution < 1.29 is 9.18 Å². The van der Waals surface area contributed by atoms with Gasteiger partial charge in [-0.3, -0.25) is 9.59 Å². The number of aromatic nitrogens is 2. The monoisotopic (exact) mass is 449 g/mol. The maximum atomic E-state index is 13.1. The number of rotatable bonds is 7. The lowest BCUT2D eigenvalue weighted by molar-refractivity contribution is 0.0954. The van der Waals surface area contributed by atoms with E-state index in [9.17, 15) is 14.0 Å². The number of allylic oxidation sites excluding steroid dienone is 1. The van der Waals surface area contributed by atoms with Crippen molar-refractivity contribution in [2.24, 2.45) is 0 Å². The van der Waals surface area contributed by atoms with E-state index in [1.807, 2.05) is 0 Å². The molecule has 0 saturated carbocycles. The van der Waals surface area contributed by atoms with E-state index in [-0.39, 0.29) is 17.3 Å². The molecule has 0 spiro atoms. The van der Waals surface area contributed by atoms with E-state index in [1.54, 1.807) is 42.5 Å². The summed E-state index contributed by atoms with van der Waals surface area (Å²) in [5, 5.41) is 7.97. The van der Waals surface area contributed by atoms with Crippen LogP contribution in [0.25, 0.3) is 5.69 Å². The van der Waals surface area contributed by atoms with Gasteiger partial charge in [-0.2, -0.15) is 9.78 Å². The number of carbonyl (C=O) groups is 1. The van der Waals surface area contributed by atoms with Crippen LogP contribution >= 0.6 is 11.8 Å². The topological polar surface area (TPSA) is 64.0 Å². The van der Waals surface area contributed by atoms with Crippen molar-refractivity contribution >= 4 is 17.7 Å². The van der Waals surface area contributed by atoms with Crippen molar-refractivity contribution in [3.8, 4) is 5.69 Å². The quantitative estimate of drug-likeness (QED) is 0.507. The second-order valence-corrected chi connectivity index (χ2v) is 8.73. The molecule has 1 N–H and O–H groups in total. The van der Waals surface area contributed by atoms with Crippen LogP contribution in [0.2, 0.25) is 0 Å². The molecule has 1 heterocycles. The van der Waals surface area contributed by atoms with Gasteiger partial charge in [-0.25, -0.2) is 4.39 Å². The number of hydrogen-bond donors (Lipinski definition) is 1. The fraction of sp³-hybridized carbons (Fsp3) is 0.240. The smallest absolute Gasteiger partial charge is 0.271 e. The average molecular weight is 450 g/mol. The first-order valence-electron chi connectivity index (χ1n) is 10.7. The highest BCUT2D eigenvalue weighted by molar-refractivity contribution is 7.99. The van der Waals surface area contributed by atoms with Crippen molar-refractivity contribution in [2.45, 2.75) is 42.0 Å². The van der Waals surface area contributed by atoms with Crippen LogP contribution in [0, 0.1) is 5.82 Å². The van der Waals surface area contributed by atoms with Gasteiger partial charge >= 0.3 is 0 Å². The molecule has 1 aliphatic rings. The Labute approximate surface area is 190 Å². The first-order valence-corrected chi connectivity index (χ1v) is 11.5. The molecule has 0 radical (unpaired) electrons. The fourth-order valence-corrected chi connectivity index (χ4v) is 4.35. The summed E-state index contributed by atoms with van der Waals surface area (Å²) in [5.41, 5.74) is 2.26. The maximum Gasteiger partial charge on any atom is 0.271 e. The minimum atomic E-state index is -0.303. The number of nitrogens with one attached hydrogen (secondary N) is 1. The molecule has 164 valence electrons. The molecule has 4 rings (SSSR count). The zero-order valence-electron chi connectivity index (χ0n) is 17.6. The van der Waals surface area contributed by atoms with Crippen molar-refractivity contribution in [1.82, 2.24) is 15.1 Å². The van der Waals surface area contributed by atoms with E-state index < -0.39 is 0 Å². The molecule has 1 aliphatic carbocycles.